The maximum Gasteiger partial charge on any atom is 0.327 e. The number of carbonyl (C=O) groups is 3. The first-order chi connectivity index (χ1) is 11.0. The predicted molar refractivity (Wildman–Crippen MR) is 83.6 cm³/mol. The van der Waals surface area contributed by atoms with Crippen LogP contribution in [0.5, 0.6) is 0 Å². The Morgan fingerprint density at radius 2 is 1.87 bits per heavy atom. The number of nitrogens with zero attached hydrogens (tertiary/aromatic N) is 3. The smallest absolute Gasteiger partial charge is 0.324 e. The number of carbonyl (C=O) groups excluding carboxylic acids is 3. The standard InChI is InChI=1S/C16H20N4O3/c1-19-15(23)20(14(22)16(19)7-3-2-4-8-16)11-13(21)18-12-5-9-17-10-6-12/h5-6,9-10H,2-4,7-8,11H2,1H3,(H,17,18,21). The molecule has 7 heteroatoms. The van der Waals surface area contributed by atoms with E-state index in [1.807, 2.05) is 0 Å². The van der Waals surface area contributed by atoms with Gasteiger partial charge in [0.05, 0.1) is 0 Å². The van der Waals surface area contributed by atoms with Crippen LogP contribution < -0.4 is 5.32 Å². The first-order valence-electron chi connectivity index (χ1n) is 7.84. The van der Waals surface area contributed by atoms with Gasteiger partial charge < -0.3 is 10.2 Å². The molecule has 0 atom stereocenters. The van der Waals surface area contributed by atoms with Gasteiger partial charge in [-0.2, -0.15) is 0 Å². The fraction of sp³-hybridized carbons (Fsp3) is 0.500. The second kappa shape index (κ2) is 5.98. The van der Waals surface area contributed by atoms with Crippen LogP contribution in [0.3, 0.4) is 0 Å². The molecule has 1 aliphatic carbocycles. The van der Waals surface area contributed by atoms with Gasteiger partial charge in [0.15, 0.2) is 0 Å². The Hall–Kier alpha value is -2.44. The zero-order chi connectivity index (χ0) is 16.4. The highest BCUT2D eigenvalue weighted by molar-refractivity contribution is 6.10. The highest BCUT2D eigenvalue weighted by Crippen LogP contribution is 2.39. The van der Waals surface area contributed by atoms with Crippen molar-refractivity contribution >= 4 is 23.5 Å². The summed E-state index contributed by atoms with van der Waals surface area (Å²) in [5, 5.41) is 2.67. The third kappa shape index (κ3) is 2.67. The van der Waals surface area contributed by atoms with E-state index in [4.69, 9.17) is 0 Å². The summed E-state index contributed by atoms with van der Waals surface area (Å²) < 4.78 is 0. The molecule has 122 valence electrons. The van der Waals surface area contributed by atoms with Crippen molar-refractivity contribution in [3.8, 4) is 0 Å². The van der Waals surface area contributed by atoms with Crippen LogP contribution in [-0.2, 0) is 9.59 Å². The highest BCUT2D eigenvalue weighted by atomic mass is 16.2. The van der Waals surface area contributed by atoms with Crippen LogP contribution in [0.15, 0.2) is 24.5 Å². The first-order valence-corrected chi connectivity index (χ1v) is 7.84. The summed E-state index contributed by atoms with van der Waals surface area (Å²) in [5.41, 5.74) is -0.156. The maximum absolute atomic E-state index is 12.8. The van der Waals surface area contributed by atoms with Crippen LogP contribution >= 0.6 is 0 Å². The third-order valence-electron chi connectivity index (χ3n) is 4.75. The molecule has 4 amide bonds. The van der Waals surface area contributed by atoms with Gasteiger partial charge in [0, 0.05) is 25.1 Å². The Morgan fingerprint density at radius 3 is 2.52 bits per heavy atom. The summed E-state index contributed by atoms with van der Waals surface area (Å²) in [6.45, 7) is -0.258. The number of hydrogen-bond acceptors (Lipinski definition) is 4. The Kier molecular flexibility index (Phi) is 4.02. The van der Waals surface area contributed by atoms with Crippen molar-refractivity contribution in [2.24, 2.45) is 0 Å². The van der Waals surface area contributed by atoms with Crippen LogP contribution in [0, 0.1) is 0 Å². The molecule has 1 saturated carbocycles. The number of hydrogen-bond donors (Lipinski definition) is 1. The lowest BCUT2D eigenvalue weighted by Gasteiger charge is -2.35. The van der Waals surface area contributed by atoms with Crippen molar-refractivity contribution in [1.29, 1.82) is 0 Å². The molecule has 0 bridgehead atoms. The quantitative estimate of drug-likeness (QED) is 0.859. The normalized spacial score (nSPS) is 20.2. The van der Waals surface area contributed by atoms with E-state index < -0.39 is 5.54 Å². The average molecular weight is 316 g/mol. The summed E-state index contributed by atoms with van der Waals surface area (Å²) in [4.78, 5) is 43.8. The maximum atomic E-state index is 12.8. The van der Waals surface area contributed by atoms with Crippen molar-refractivity contribution in [2.75, 3.05) is 18.9 Å². The van der Waals surface area contributed by atoms with Crippen molar-refractivity contribution in [3.63, 3.8) is 0 Å². The van der Waals surface area contributed by atoms with Crippen molar-refractivity contribution in [2.45, 2.75) is 37.6 Å². The van der Waals surface area contributed by atoms with Gasteiger partial charge in [-0.3, -0.25) is 19.5 Å². The molecular weight excluding hydrogens is 296 g/mol. The largest absolute Gasteiger partial charge is 0.327 e. The highest BCUT2D eigenvalue weighted by Gasteiger charge is 2.55. The summed E-state index contributed by atoms with van der Waals surface area (Å²) in [7, 11) is 1.66. The number of aromatic nitrogens is 1. The molecular formula is C16H20N4O3. The van der Waals surface area contributed by atoms with Gasteiger partial charge in [0.2, 0.25) is 5.91 Å². The van der Waals surface area contributed by atoms with E-state index in [2.05, 4.69) is 10.3 Å². The number of pyridine rings is 1. The van der Waals surface area contributed by atoms with Crippen LogP contribution in [0.2, 0.25) is 0 Å². The minimum Gasteiger partial charge on any atom is -0.324 e. The van der Waals surface area contributed by atoms with Crippen molar-refractivity contribution in [1.82, 2.24) is 14.8 Å². The van der Waals surface area contributed by atoms with Gasteiger partial charge in [0.25, 0.3) is 5.91 Å². The third-order valence-corrected chi connectivity index (χ3v) is 4.75. The zero-order valence-electron chi connectivity index (χ0n) is 13.1. The number of anilines is 1. The van der Waals surface area contributed by atoms with Gasteiger partial charge in [-0.15, -0.1) is 0 Å². The fourth-order valence-corrected chi connectivity index (χ4v) is 3.45. The van der Waals surface area contributed by atoms with E-state index in [1.165, 1.54) is 4.90 Å². The van der Waals surface area contributed by atoms with Gasteiger partial charge in [0.1, 0.15) is 12.1 Å². The molecule has 1 spiro atoms. The van der Waals surface area contributed by atoms with Gasteiger partial charge in [-0.25, -0.2) is 4.79 Å². The number of rotatable bonds is 3. The molecule has 23 heavy (non-hydrogen) atoms. The molecule has 2 fully saturated rings. The summed E-state index contributed by atoms with van der Waals surface area (Å²) >= 11 is 0. The van der Waals surface area contributed by atoms with Gasteiger partial charge >= 0.3 is 6.03 Å². The summed E-state index contributed by atoms with van der Waals surface area (Å²) in [6, 6.07) is 2.92. The Bertz CT molecular complexity index is 625. The minimum atomic E-state index is -0.744. The lowest BCUT2D eigenvalue weighted by atomic mass is 9.81. The van der Waals surface area contributed by atoms with Crippen LogP contribution in [-0.4, -0.2) is 51.8 Å². The number of nitrogens with one attached hydrogen (secondary N) is 1. The predicted octanol–water partition coefficient (Wildman–Crippen LogP) is 1.62. The van der Waals surface area contributed by atoms with E-state index in [-0.39, 0.29) is 24.4 Å². The molecule has 1 aromatic heterocycles. The molecule has 0 radical (unpaired) electrons. The number of urea groups is 1. The van der Waals surface area contributed by atoms with E-state index in [9.17, 15) is 14.4 Å². The van der Waals surface area contributed by atoms with Crippen LogP contribution in [0.1, 0.15) is 32.1 Å². The molecule has 1 aromatic rings. The fourth-order valence-electron chi connectivity index (χ4n) is 3.45. The molecule has 1 N–H and O–H groups in total. The summed E-state index contributed by atoms with van der Waals surface area (Å²) in [5.74, 6) is -0.631. The van der Waals surface area contributed by atoms with Gasteiger partial charge in [-0.1, -0.05) is 19.3 Å². The number of likely N-dealkylation sites (N-methyl/N-ethyl adjacent to an activating group) is 1. The molecule has 3 rings (SSSR count). The molecule has 7 nitrogen and oxygen atoms in total. The Morgan fingerprint density at radius 1 is 1.22 bits per heavy atom. The molecule has 2 heterocycles. The van der Waals surface area contributed by atoms with Crippen LogP contribution in [0.4, 0.5) is 10.5 Å². The minimum absolute atomic E-state index is 0.241. The van der Waals surface area contributed by atoms with E-state index in [0.29, 0.717) is 18.5 Å². The monoisotopic (exact) mass is 316 g/mol. The topological polar surface area (TPSA) is 82.6 Å². The molecule has 0 aromatic carbocycles. The number of amides is 4. The number of imide groups is 1. The van der Waals surface area contributed by atoms with E-state index >= 15 is 0 Å². The van der Waals surface area contributed by atoms with Crippen molar-refractivity contribution in [3.05, 3.63) is 24.5 Å². The average Bonchev–Trinajstić information content (AvgIpc) is 2.73. The first kappa shape index (κ1) is 15.5. The lowest BCUT2D eigenvalue weighted by molar-refractivity contribution is -0.136. The second-order valence-electron chi connectivity index (χ2n) is 6.11. The molecule has 0 unspecified atom stereocenters. The Balaban J connectivity index is 1.71. The Labute approximate surface area is 134 Å². The SMILES string of the molecule is CN1C(=O)N(CC(=O)Nc2ccncc2)C(=O)C12CCCCC2. The second-order valence-corrected chi connectivity index (χ2v) is 6.11. The van der Waals surface area contributed by atoms with Crippen molar-refractivity contribution < 1.29 is 14.4 Å². The molecule has 2 aliphatic rings. The van der Waals surface area contributed by atoms with Gasteiger partial charge in [-0.05, 0) is 25.0 Å². The molecule has 1 saturated heterocycles. The van der Waals surface area contributed by atoms with E-state index in [1.54, 1.807) is 31.6 Å². The lowest BCUT2D eigenvalue weighted by Crippen LogP contribution is -2.49. The van der Waals surface area contributed by atoms with E-state index in [0.717, 1.165) is 24.2 Å². The zero-order valence-corrected chi connectivity index (χ0v) is 13.1. The summed E-state index contributed by atoms with van der Waals surface area (Å²) in [6.07, 6.45) is 7.42. The van der Waals surface area contributed by atoms with Crippen LogP contribution in [0.25, 0.3) is 0 Å². The molecule has 1 aliphatic heterocycles.